The number of aryl methyl sites for hydroxylation is 1. The van der Waals surface area contributed by atoms with E-state index >= 15 is 0 Å². The number of rotatable bonds is 3. The van der Waals surface area contributed by atoms with Crippen molar-refractivity contribution in [1.29, 1.82) is 0 Å². The molecule has 0 amide bonds. The molecule has 0 N–H and O–H groups in total. The zero-order chi connectivity index (χ0) is 14.7. The second-order valence-corrected chi connectivity index (χ2v) is 4.75. The molecule has 0 aliphatic carbocycles. The Morgan fingerprint density at radius 2 is 2.05 bits per heavy atom. The molecular weight excluding hydrogens is 260 g/mol. The molecule has 1 atom stereocenters. The molecule has 0 radical (unpaired) electrons. The van der Waals surface area contributed by atoms with Gasteiger partial charge in [-0.05, 0) is 25.5 Å². The first-order valence-electron chi connectivity index (χ1n) is 6.45. The summed E-state index contributed by atoms with van der Waals surface area (Å²) in [7, 11) is 2.75. The molecule has 108 valence electrons. The van der Waals surface area contributed by atoms with Crippen molar-refractivity contribution in [3.63, 3.8) is 0 Å². The van der Waals surface area contributed by atoms with E-state index in [0.29, 0.717) is 17.8 Å². The van der Waals surface area contributed by atoms with Gasteiger partial charge in [-0.1, -0.05) is 0 Å². The summed E-state index contributed by atoms with van der Waals surface area (Å²) in [6.45, 7) is 3.12. The maximum absolute atomic E-state index is 11.5. The highest BCUT2D eigenvalue weighted by Gasteiger charge is 2.30. The van der Waals surface area contributed by atoms with E-state index in [0.717, 1.165) is 18.8 Å². The second-order valence-electron chi connectivity index (χ2n) is 4.75. The van der Waals surface area contributed by atoms with Crippen LogP contribution in [0, 0.1) is 12.8 Å². The van der Waals surface area contributed by atoms with Crippen LogP contribution in [0.3, 0.4) is 0 Å². The zero-order valence-electron chi connectivity index (χ0n) is 11.9. The Hall–Kier alpha value is -2.11. The molecule has 1 saturated heterocycles. The van der Waals surface area contributed by atoms with Crippen molar-refractivity contribution in [2.24, 2.45) is 5.92 Å². The number of hydrogen-bond acceptors (Lipinski definition) is 6. The number of methoxy groups -OCH3 is 2. The first kappa shape index (κ1) is 14.3. The lowest BCUT2D eigenvalue weighted by atomic mass is 10.1. The van der Waals surface area contributed by atoms with Crippen LogP contribution in [0.15, 0.2) is 12.1 Å². The third-order valence-electron chi connectivity index (χ3n) is 3.52. The molecule has 2 rings (SSSR count). The predicted octanol–water partition coefficient (Wildman–Crippen LogP) is 1.18. The predicted molar refractivity (Wildman–Crippen MR) is 72.6 cm³/mol. The third-order valence-corrected chi connectivity index (χ3v) is 3.52. The summed E-state index contributed by atoms with van der Waals surface area (Å²) < 4.78 is 9.45. The summed E-state index contributed by atoms with van der Waals surface area (Å²) in [5.41, 5.74) is 1.08. The van der Waals surface area contributed by atoms with Crippen molar-refractivity contribution in [3.05, 3.63) is 23.4 Å². The van der Waals surface area contributed by atoms with Gasteiger partial charge in [-0.25, -0.2) is 9.78 Å². The van der Waals surface area contributed by atoms with Crippen LogP contribution in [0.1, 0.15) is 22.5 Å². The highest BCUT2D eigenvalue weighted by Crippen LogP contribution is 2.24. The third kappa shape index (κ3) is 2.74. The Morgan fingerprint density at radius 1 is 1.30 bits per heavy atom. The number of carbonyl (C=O) groups excluding carboxylic acids is 2. The molecule has 6 heteroatoms. The van der Waals surface area contributed by atoms with Crippen molar-refractivity contribution >= 4 is 17.8 Å². The molecule has 1 unspecified atom stereocenters. The van der Waals surface area contributed by atoms with Gasteiger partial charge in [0.25, 0.3) is 0 Å². The molecule has 0 bridgehead atoms. The fraction of sp³-hybridized carbons (Fsp3) is 0.500. The van der Waals surface area contributed by atoms with Crippen LogP contribution < -0.4 is 4.90 Å². The molecule has 2 heterocycles. The summed E-state index contributed by atoms with van der Waals surface area (Å²) in [6.07, 6.45) is 0.756. The Balaban J connectivity index is 2.13. The zero-order valence-corrected chi connectivity index (χ0v) is 11.9. The molecule has 1 aromatic heterocycles. The number of ether oxygens (including phenoxy) is 2. The molecule has 0 aromatic carbocycles. The van der Waals surface area contributed by atoms with E-state index in [1.54, 1.807) is 19.1 Å². The minimum Gasteiger partial charge on any atom is -0.469 e. The lowest BCUT2D eigenvalue weighted by molar-refractivity contribution is -0.144. The first-order chi connectivity index (χ1) is 9.56. The van der Waals surface area contributed by atoms with Crippen molar-refractivity contribution in [1.82, 2.24) is 4.98 Å². The Morgan fingerprint density at radius 3 is 2.65 bits per heavy atom. The minimum absolute atomic E-state index is 0.109. The van der Waals surface area contributed by atoms with Gasteiger partial charge in [0.1, 0.15) is 5.82 Å². The standard InChI is InChI=1S/C14H18N2O4/c1-9-11(14(18)20-3)4-5-12(15-9)16-7-6-10(8-16)13(17)19-2/h4-5,10H,6-8H2,1-3H3. The van der Waals surface area contributed by atoms with E-state index in [4.69, 9.17) is 9.47 Å². The van der Waals surface area contributed by atoms with Gasteiger partial charge in [0.15, 0.2) is 0 Å². The Kier molecular flexibility index (Phi) is 4.22. The summed E-state index contributed by atoms with van der Waals surface area (Å²) in [5.74, 6) is 0.0785. The maximum atomic E-state index is 11.5. The lowest BCUT2D eigenvalue weighted by Gasteiger charge is -2.18. The molecule has 1 fully saturated rings. The fourth-order valence-corrected chi connectivity index (χ4v) is 2.38. The molecule has 1 aromatic rings. The topological polar surface area (TPSA) is 68.7 Å². The van der Waals surface area contributed by atoms with Crippen LogP contribution in [0.4, 0.5) is 5.82 Å². The van der Waals surface area contributed by atoms with Crippen molar-refractivity contribution < 1.29 is 19.1 Å². The summed E-state index contributed by atoms with van der Waals surface area (Å²) >= 11 is 0. The van der Waals surface area contributed by atoms with Gasteiger partial charge in [-0.2, -0.15) is 0 Å². The van der Waals surface area contributed by atoms with Gasteiger partial charge >= 0.3 is 11.9 Å². The van der Waals surface area contributed by atoms with Gasteiger partial charge < -0.3 is 14.4 Å². The number of hydrogen-bond donors (Lipinski definition) is 0. The van der Waals surface area contributed by atoms with Gasteiger partial charge in [-0.15, -0.1) is 0 Å². The Bertz CT molecular complexity index is 530. The molecule has 1 aliphatic heterocycles. The fourth-order valence-electron chi connectivity index (χ4n) is 2.38. The largest absolute Gasteiger partial charge is 0.469 e. The number of esters is 2. The number of nitrogens with zero attached hydrogens (tertiary/aromatic N) is 2. The molecular formula is C14H18N2O4. The quantitative estimate of drug-likeness (QED) is 0.773. The van der Waals surface area contributed by atoms with Crippen molar-refractivity contribution in [2.45, 2.75) is 13.3 Å². The van der Waals surface area contributed by atoms with Crippen LogP contribution in [0.2, 0.25) is 0 Å². The van der Waals surface area contributed by atoms with E-state index in [1.807, 2.05) is 4.90 Å². The average molecular weight is 278 g/mol. The molecule has 1 aliphatic rings. The number of aromatic nitrogens is 1. The molecule has 0 saturated carbocycles. The van der Waals surface area contributed by atoms with Crippen LogP contribution >= 0.6 is 0 Å². The van der Waals surface area contributed by atoms with Gasteiger partial charge in [0.2, 0.25) is 0 Å². The molecule has 0 spiro atoms. The second kappa shape index (κ2) is 5.90. The highest BCUT2D eigenvalue weighted by molar-refractivity contribution is 5.90. The number of anilines is 1. The van der Waals surface area contributed by atoms with Gasteiger partial charge in [0.05, 0.1) is 31.4 Å². The van der Waals surface area contributed by atoms with Crippen LogP contribution in [-0.2, 0) is 14.3 Å². The first-order valence-corrected chi connectivity index (χ1v) is 6.45. The van der Waals surface area contributed by atoms with Crippen molar-refractivity contribution in [3.8, 4) is 0 Å². The van der Waals surface area contributed by atoms with E-state index in [-0.39, 0.29) is 11.9 Å². The summed E-state index contributed by atoms with van der Waals surface area (Å²) in [6, 6.07) is 3.48. The smallest absolute Gasteiger partial charge is 0.339 e. The summed E-state index contributed by atoms with van der Waals surface area (Å²) in [5, 5.41) is 0. The van der Waals surface area contributed by atoms with Gasteiger partial charge in [-0.3, -0.25) is 4.79 Å². The lowest BCUT2D eigenvalue weighted by Crippen LogP contribution is -2.24. The normalized spacial score (nSPS) is 17.9. The summed E-state index contributed by atoms with van der Waals surface area (Å²) in [4.78, 5) is 29.5. The molecule has 6 nitrogen and oxygen atoms in total. The van der Waals surface area contributed by atoms with E-state index in [2.05, 4.69) is 4.98 Å². The van der Waals surface area contributed by atoms with Crippen LogP contribution in [-0.4, -0.2) is 44.2 Å². The SMILES string of the molecule is COC(=O)c1ccc(N2CCC(C(=O)OC)C2)nc1C. The van der Waals surface area contributed by atoms with Gasteiger partial charge in [0, 0.05) is 13.1 Å². The maximum Gasteiger partial charge on any atom is 0.339 e. The monoisotopic (exact) mass is 278 g/mol. The Labute approximate surface area is 117 Å². The number of pyridine rings is 1. The number of carbonyl (C=O) groups is 2. The van der Waals surface area contributed by atoms with Crippen LogP contribution in [0.25, 0.3) is 0 Å². The molecule has 20 heavy (non-hydrogen) atoms. The van der Waals surface area contributed by atoms with E-state index in [1.165, 1.54) is 14.2 Å². The average Bonchev–Trinajstić information content (AvgIpc) is 2.95. The van der Waals surface area contributed by atoms with Crippen molar-refractivity contribution in [2.75, 3.05) is 32.2 Å². The highest BCUT2D eigenvalue weighted by atomic mass is 16.5. The van der Waals surface area contributed by atoms with E-state index < -0.39 is 5.97 Å². The van der Waals surface area contributed by atoms with E-state index in [9.17, 15) is 9.59 Å². The van der Waals surface area contributed by atoms with Crippen LogP contribution in [0.5, 0.6) is 0 Å². The minimum atomic E-state index is -0.393.